The average Bonchev–Trinajstić information content (AvgIpc) is 3.02. The number of alkyl halides is 2. The Kier molecular flexibility index (Phi) is 7.42. The third-order valence-corrected chi connectivity index (χ3v) is 5.94. The van der Waals surface area contributed by atoms with Crippen LogP contribution in [-0.4, -0.2) is 59.8 Å². The molecule has 2 aliphatic rings. The molecule has 2 fully saturated rings. The summed E-state index contributed by atoms with van der Waals surface area (Å²) in [7, 11) is 1.50. The molecule has 3 rings (SSSR count). The Morgan fingerprint density at radius 1 is 1.09 bits per heavy atom. The molecule has 1 saturated carbocycles. The van der Waals surface area contributed by atoms with Gasteiger partial charge in [-0.05, 0) is 37.5 Å². The summed E-state index contributed by atoms with van der Waals surface area (Å²) in [5, 5.41) is 0. The molecule has 0 aromatic heterocycles. The first-order valence-corrected chi connectivity index (χ1v) is 10.5. The van der Waals surface area contributed by atoms with Gasteiger partial charge >= 0.3 is 12.6 Å². The number of benzene rings is 1. The number of nitrogens with zero attached hydrogens (tertiary/aromatic N) is 2. The number of likely N-dealkylation sites (tertiary alicyclic amines) is 1. The van der Waals surface area contributed by atoms with E-state index in [1.165, 1.54) is 31.0 Å². The molecule has 3 atom stereocenters. The van der Waals surface area contributed by atoms with Crippen LogP contribution in [0.4, 0.5) is 8.78 Å². The molecule has 174 valence electrons. The van der Waals surface area contributed by atoms with Crippen molar-refractivity contribution >= 4 is 23.7 Å². The van der Waals surface area contributed by atoms with E-state index in [0.717, 1.165) is 17.7 Å². The van der Waals surface area contributed by atoms with Gasteiger partial charge in [0.15, 0.2) is 6.61 Å². The number of carbonyl (C=O) groups is 4. The smallest absolute Gasteiger partial charge is 0.387 e. The third-order valence-electron chi connectivity index (χ3n) is 5.94. The molecule has 3 amide bonds. The van der Waals surface area contributed by atoms with Gasteiger partial charge in [0, 0.05) is 13.6 Å². The molecule has 1 aliphatic heterocycles. The Morgan fingerprint density at radius 3 is 2.19 bits per heavy atom. The highest BCUT2D eigenvalue weighted by Gasteiger charge is 2.51. The lowest BCUT2D eigenvalue weighted by Gasteiger charge is -2.22. The summed E-state index contributed by atoms with van der Waals surface area (Å²) < 4.78 is 33.8. The van der Waals surface area contributed by atoms with Crippen molar-refractivity contribution in [1.29, 1.82) is 0 Å². The maximum absolute atomic E-state index is 12.6. The second-order valence-corrected chi connectivity index (χ2v) is 8.10. The SMILES string of the molecule is CC(C(=O)OCC(=O)N(C)Cc1ccc(OC(F)F)cc1)N1C(=O)C2CCCCC2C1=O. The Balaban J connectivity index is 1.50. The van der Waals surface area contributed by atoms with Crippen molar-refractivity contribution < 1.29 is 37.4 Å². The molecule has 0 spiro atoms. The fourth-order valence-corrected chi connectivity index (χ4v) is 4.18. The van der Waals surface area contributed by atoms with Gasteiger partial charge in [-0.3, -0.25) is 19.3 Å². The Morgan fingerprint density at radius 2 is 1.66 bits per heavy atom. The molecular weight excluding hydrogens is 426 g/mol. The minimum atomic E-state index is -2.92. The van der Waals surface area contributed by atoms with Gasteiger partial charge in [-0.25, -0.2) is 4.79 Å². The Hall–Kier alpha value is -3.04. The number of esters is 1. The van der Waals surface area contributed by atoms with Gasteiger partial charge in [0.2, 0.25) is 11.8 Å². The van der Waals surface area contributed by atoms with Crippen molar-refractivity contribution in [3.8, 4) is 5.75 Å². The highest BCUT2D eigenvalue weighted by atomic mass is 19.3. The van der Waals surface area contributed by atoms with E-state index in [1.807, 2.05) is 0 Å². The second kappa shape index (κ2) is 10.1. The number of amides is 3. The zero-order valence-corrected chi connectivity index (χ0v) is 18.0. The molecule has 1 aromatic rings. The van der Waals surface area contributed by atoms with Crippen LogP contribution in [0.15, 0.2) is 24.3 Å². The molecule has 1 saturated heterocycles. The van der Waals surface area contributed by atoms with E-state index in [9.17, 15) is 28.0 Å². The van der Waals surface area contributed by atoms with Gasteiger partial charge in [0.25, 0.3) is 5.91 Å². The minimum absolute atomic E-state index is 0.00602. The lowest BCUT2D eigenvalue weighted by atomic mass is 9.81. The molecule has 1 aromatic carbocycles. The Bertz CT molecular complexity index is 852. The first-order chi connectivity index (χ1) is 15.2. The zero-order valence-electron chi connectivity index (χ0n) is 18.0. The van der Waals surface area contributed by atoms with Gasteiger partial charge in [-0.1, -0.05) is 25.0 Å². The molecule has 3 unspecified atom stereocenters. The fourth-order valence-electron chi connectivity index (χ4n) is 4.18. The predicted octanol–water partition coefficient (Wildman–Crippen LogP) is 2.35. The van der Waals surface area contributed by atoms with Crippen molar-refractivity contribution in [2.75, 3.05) is 13.7 Å². The van der Waals surface area contributed by atoms with E-state index in [-0.39, 0.29) is 35.9 Å². The first-order valence-electron chi connectivity index (χ1n) is 10.5. The van der Waals surface area contributed by atoms with Crippen LogP contribution in [0.25, 0.3) is 0 Å². The van der Waals surface area contributed by atoms with Crippen LogP contribution in [-0.2, 0) is 30.5 Å². The highest BCUT2D eigenvalue weighted by molar-refractivity contribution is 6.07. The molecule has 0 N–H and O–H groups in total. The molecule has 0 radical (unpaired) electrons. The standard InChI is InChI=1S/C22H26F2N2O6/c1-13(26-19(28)16-5-3-4-6-17(16)20(26)29)21(30)31-12-18(27)25(2)11-14-7-9-15(10-8-14)32-22(23)24/h7-10,13,16-17,22H,3-6,11-12H2,1-2H3. The van der Waals surface area contributed by atoms with Crippen molar-refractivity contribution in [3.63, 3.8) is 0 Å². The lowest BCUT2D eigenvalue weighted by Crippen LogP contribution is -2.45. The van der Waals surface area contributed by atoms with E-state index in [0.29, 0.717) is 18.4 Å². The molecule has 32 heavy (non-hydrogen) atoms. The average molecular weight is 452 g/mol. The number of halogens is 2. The molecule has 10 heteroatoms. The fraction of sp³-hybridized carbons (Fsp3) is 0.545. The van der Waals surface area contributed by atoms with Crippen molar-refractivity contribution in [2.45, 2.75) is 51.8 Å². The van der Waals surface area contributed by atoms with E-state index in [2.05, 4.69) is 4.74 Å². The maximum Gasteiger partial charge on any atom is 0.387 e. The number of fused-ring (bicyclic) bond motifs is 1. The Labute approximate surface area is 184 Å². The third kappa shape index (κ3) is 5.23. The van der Waals surface area contributed by atoms with Gasteiger partial charge < -0.3 is 14.4 Å². The minimum Gasteiger partial charge on any atom is -0.454 e. The first kappa shape index (κ1) is 23.6. The van der Waals surface area contributed by atoms with E-state index in [1.54, 1.807) is 12.1 Å². The summed E-state index contributed by atoms with van der Waals surface area (Å²) in [5.41, 5.74) is 0.665. The van der Waals surface area contributed by atoms with E-state index >= 15 is 0 Å². The summed E-state index contributed by atoms with van der Waals surface area (Å²) in [6.07, 6.45) is 3.06. The quantitative estimate of drug-likeness (QED) is 0.444. The van der Waals surface area contributed by atoms with E-state index in [4.69, 9.17) is 4.74 Å². The summed E-state index contributed by atoms with van der Waals surface area (Å²) >= 11 is 0. The molecule has 1 aliphatic carbocycles. The molecular formula is C22H26F2N2O6. The molecule has 8 nitrogen and oxygen atoms in total. The molecule has 0 bridgehead atoms. The van der Waals surface area contributed by atoms with Crippen LogP contribution >= 0.6 is 0 Å². The lowest BCUT2D eigenvalue weighted by molar-refractivity contribution is -0.161. The number of ether oxygens (including phenoxy) is 2. The normalized spacial score (nSPS) is 21.3. The van der Waals surface area contributed by atoms with Crippen molar-refractivity contribution in [2.24, 2.45) is 11.8 Å². The second-order valence-electron chi connectivity index (χ2n) is 8.10. The number of likely N-dealkylation sites (N-methyl/N-ethyl adjacent to an activating group) is 1. The van der Waals surface area contributed by atoms with Gasteiger partial charge in [0.1, 0.15) is 11.8 Å². The van der Waals surface area contributed by atoms with Crippen molar-refractivity contribution in [1.82, 2.24) is 9.80 Å². The summed E-state index contributed by atoms with van der Waals surface area (Å²) in [6.45, 7) is -1.88. The monoisotopic (exact) mass is 452 g/mol. The van der Waals surface area contributed by atoms with Crippen LogP contribution in [0.3, 0.4) is 0 Å². The number of hydrogen-bond donors (Lipinski definition) is 0. The largest absolute Gasteiger partial charge is 0.454 e. The predicted molar refractivity (Wildman–Crippen MR) is 107 cm³/mol. The number of imide groups is 1. The van der Waals surface area contributed by atoms with Crippen LogP contribution in [0.2, 0.25) is 0 Å². The number of rotatable bonds is 8. The topological polar surface area (TPSA) is 93.2 Å². The summed E-state index contributed by atoms with van der Waals surface area (Å²) in [5.74, 6) is -2.72. The van der Waals surface area contributed by atoms with Crippen LogP contribution in [0.5, 0.6) is 5.75 Å². The zero-order chi connectivity index (χ0) is 23.4. The maximum atomic E-state index is 12.6. The molecule has 1 heterocycles. The van der Waals surface area contributed by atoms with Gasteiger partial charge in [0.05, 0.1) is 11.8 Å². The van der Waals surface area contributed by atoms with Crippen molar-refractivity contribution in [3.05, 3.63) is 29.8 Å². The van der Waals surface area contributed by atoms with Crippen LogP contribution < -0.4 is 4.74 Å². The van der Waals surface area contributed by atoms with Crippen LogP contribution in [0, 0.1) is 11.8 Å². The number of carbonyl (C=O) groups excluding carboxylic acids is 4. The highest BCUT2D eigenvalue weighted by Crippen LogP contribution is 2.38. The van der Waals surface area contributed by atoms with Crippen LogP contribution in [0.1, 0.15) is 38.2 Å². The number of hydrogen-bond acceptors (Lipinski definition) is 6. The van der Waals surface area contributed by atoms with Gasteiger partial charge in [-0.15, -0.1) is 0 Å². The van der Waals surface area contributed by atoms with E-state index < -0.39 is 31.1 Å². The van der Waals surface area contributed by atoms with Gasteiger partial charge in [-0.2, -0.15) is 8.78 Å². The summed E-state index contributed by atoms with van der Waals surface area (Å²) in [6, 6.07) is 4.71. The summed E-state index contributed by atoms with van der Waals surface area (Å²) in [4.78, 5) is 52.2.